The molecule has 3 rings (SSSR count). The lowest BCUT2D eigenvalue weighted by molar-refractivity contribution is 0.282. The van der Waals surface area contributed by atoms with Crippen LogP contribution in [0.2, 0.25) is 0 Å². The van der Waals surface area contributed by atoms with E-state index in [1.807, 2.05) is 24.3 Å². The molecular formula is C17H20N4OS2. The third-order valence-corrected chi connectivity index (χ3v) is 5.43. The van der Waals surface area contributed by atoms with Gasteiger partial charge in [-0.25, -0.2) is 9.98 Å². The van der Waals surface area contributed by atoms with Gasteiger partial charge < -0.3 is 10.0 Å². The van der Waals surface area contributed by atoms with Crippen molar-refractivity contribution in [2.24, 2.45) is 9.98 Å². The molecule has 1 aliphatic rings. The fraction of sp³-hybridized carbons (Fsp3) is 0.353. The van der Waals surface area contributed by atoms with E-state index in [2.05, 4.69) is 28.7 Å². The quantitative estimate of drug-likeness (QED) is 0.806. The number of rotatable bonds is 6. The van der Waals surface area contributed by atoms with Gasteiger partial charge in [0.2, 0.25) is 5.88 Å². The average molecular weight is 361 g/mol. The Labute approximate surface area is 149 Å². The van der Waals surface area contributed by atoms with Crippen molar-refractivity contribution in [3.05, 3.63) is 49.6 Å². The van der Waals surface area contributed by atoms with Gasteiger partial charge in [-0.15, -0.1) is 11.3 Å². The van der Waals surface area contributed by atoms with E-state index in [4.69, 9.17) is 12.2 Å². The Hall–Kier alpha value is -1.83. The highest BCUT2D eigenvalue weighted by atomic mass is 32.1. The minimum atomic E-state index is 0.200. The first kappa shape index (κ1) is 17.0. The molecule has 0 radical (unpaired) electrons. The average Bonchev–Trinajstić information content (AvgIpc) is 3.10. The van der Waals surface area contributed by atoms with Crippen molar-refractivity contribution in [3.63, 3.8) is 0 Å². The molecule has 1 aromatic carbocycles. The molecule has 0 fully saturated rings. The number of fused-ring (bicyclic) bond motifs is 1. The lowest BCUT2D eigenvalue weighted by atomic mass is 10.3. The Morgan fingerprint density at radius 3 is 2.42 bits per heavy atom. The number of benzene rings is 1. The zero-order chi connectivity index (χ0) is 17.1. The Morgan fingerprint density at radius 1 is 1.21 bits per heavy atom. The standard InChI is InChI=1S/C17H20N4OS2/c1-3-20(4-2)9-10-21-16(22)14(24-17(21)23)11-15-18-12-7-5-6-8-13(12)19-15/h5-8,11,22H,3-4,9-10H2,1-2H3. The van der Waals surface area contributed by atoms with E-state index in [1.165, 1.54) is 11.3 Å². The van der Waals surface area contributed by atoms with E-state index in [0.29, 0.717) is 21.2 Å². The third kappa shape index (κ3) is 3.48. The molecule has 24 heavy (non-hydrogen) atoms. The van der Waals surface area contributed by atoms with Crippen LogP contribution < -0.4 is 10.7 Å². The minimum Gasteiger partial charge on any atom is -0.493 e. The molecule has 0 spiro atoms. The van der Waals surface area contributed by atoms with Crippen LogP contribution in [0.4, 0.5) is 0 Å². The van der Waals surface area contributed by atoms with Gasteiger partial charge in [-0.2, -0.15) is 0 Å². The molecule has 0 unspecified atom stereocenters. The number of aromatic nitrogens is 1. The first-order chi connectivity index (χ1) is 11.6. The molecular weight excluding hydrogens is 340 g/mol. The van der Waals surface area contributed by atoms with Crippen molar-refractivity contribution < 1.29 is 5.11 Å². The molecule has 2 aromatic rings. The molecule has 0 amide bonds. The number of para-hydroxylation sites is 2. The van der Waals surface area contributed by atoms with Crippen LogP contribution in [-0.2, 0) is 6.54 Å². The second-order valence-corrected chi connectivity index (χ2v) is 7.12. The molecule has 2 heterocycles. The molecule has 7 heteroatoms. The molecule has 0 aliphatic carbocycles. The molecule has 5 nitrogen and oxygen atoms in total. The smallest absolute Gasteiger partial charge is 0.210 e. The van der Waals surface area contributed by atoms with Crippen LogP contribution in [0.15, 0.2) is 40.1 Å². The molecule has 0 bridgehead atoms. The largest absolute Gasteiger partial charge is 0.493 e. The van der Waals surface area contributed by atoms with E-state index in [-0.39, 0.29) is 5.88 Å². The van der Waals surface area contributed by atoms with E-state index in [9.17, 15) is 5.11 Å². The summed E-state index contributed by atoms with van der Waals surface area (Å²) in [6.07, 6.45) is 1.80. The lowest BCUT2D eigenvalue weighted by Crippen LogP contribution is -2.26. The van der Waals surface area contributed by atoms with Gasteiger partial charge in [0.05, 0.1) is 15.6 Å². The molecule has 126 valence electrons. The number of likely N-dealkylation sites (N-methyl/N-ethyl adjacent to an activating group) is 1. The molecule has 0 saturated carbocycles. The summed E-state index contributed by atoms with van der Waals surface area (Å²) < 4.78 is 2.45. The van der Waals surface area contributed by atoms with Gasteiger partial charge in [0.25, 0.3) is 0 Å². The summed E-state index contributed by atoms with van der Waals surface area (Å²) in [6, 6.07) is 7.73. The molecule has 1 aromatic heterocycles. The Bertz CT molecular complexity index is 901. The van der Waals surface area contributed by atoms with Gasteiger partial charge in [-0.05, 0) is 37.4 Å². The predicted octanol–water partition coefficient (Wildman–Crippen LogP) is 2.58. The maximum Gasteiger partial charge on any atom is 0.210 e. The van der Waals surface area contributed by atoms with Crippen LogP contribution in [0.3, 0.4) is 0 Å². The van der Waals surface area contributed by atoms with Gasteiger partial charge >= 0.3 is 0 Å². The number of nitrogens with zero attached hydrogens (tertiary/aromatic N) is 4. The van der Waals surface area contributed by atoms with Gasteiger partial charge in [-0.3, -0.25) is 4.57 Å². The zero-order valence-electron chi connectivity index (χ0n) is 13.8. The number of thiazole rings is 1. The number of hydrogen-bond donors (Lipinski definition) is 1. The highest BCUT2D eigenvalue weighted by Crippen LogP contribution is 2.28. The van der Waals surface area contributed by atoms with Gasteiger partial charge in [0, 0.05) is 19.2 Å². The van der Waals surface area contributed by atoms with Crippen LogP contribution in [0.1, 0.15) is 18.7 Å². The van der Waals surface area contributed by atoms with Crippen molar-refractivity contribution in [1.29, 1.82) is 0 Å². The van der Waals surface area contributed by atoms with Gasteiger partial charge in [-0.1, -0.05) is 26.0 Å². The normalized spacial score (nSPS) is 12.9. The number of aromatic hydroxyl groups is 1. The van der Waals surface area contributed by atoms with Crippen LogP contribution in [-0.4, -0.2) is 34.2 Å². The summed E-state index contributed by atoms with van der Waals surface area (Å²) in [4.78, 5) is 11.9. The fourth-order valence-corrected chi connectivity index (χ4v) is 3.88. The zero-order valence-corrected chi connectivity index (χ0v) is 15.4. The fourth-order valence-electron chi connectivity index (χ4n) is 2.59. The van der Waals surface area contributed by atoms with Crippen LogP contribution in [0, 0.1) is 3.95 Å². The van der Waals surface area contributed by atoms with Gasteiger partial charge in [0.15, 0.2) is 9.78 Å². The van der Waals surface area contributed by atoms with E-state index < -0.39 is 0 Å². The Morgan fingerprint density at radius 2 is 1.83 bits per heavy atom. The lowest BCUT2D eigenvalue weighted by Gasteiger charge is -2.18. The second-order valence-electron chi connectivity index (χ2n) is 5.45. The van der Waals surface area contributed by atoms with Crippen LogP contribution >= 0.6 is 23.6 Å². The summed E-state index contributed by atoms with van der Waals surface area (Å²) in [6.45, 7) is 7.78. The van der Waals surface area contributed by atoms with E-state index in [1.54, 1.807) is 10.6 Å². The Balaban J connectivity index is 1.86. The van der Waals surface area contributed by atoms with Gasteiger partial charge in [0.1, 0.15) is 0 Å². The van der Waals surface area contributed by atoms with E-state index >= 15 is 0 Å². The maximum absolute atomic E-state index is 10.5. The first-order valence-electron chi connectivity index (χ1n) is 8.01. The van der Waals surface area contributed by atoms with Crippen molar-refractivity contribution in [1.82, 2.24) is 9.47 Å². The van der Waals surface area contributed by atoms with Crippen LogP contribution in [0.5, 0.6) is 5.88 Å². The second kappa shape index (κ2) is 7.38. The molecule has 1 N–H and O–H groups in total. The molecule has 0 saturated heterocycles. The van der Waals surface area contributed by atoms with E-state index in [0.717, 1.165) is 30.3 Å². The molecule has 1 aliphatic heterocycles. The van der Waals surface area contributed by atoms with Crippen molar-refractivity contribution >= 4 is 29.6 Å². The number of hydrogen-bond acceptors (Lipinski definition) is 6. The Kier molecular flexibility index (Phi) is 5.23. The van der Waals surface area contributed by atoms with Crippen LogP contribution in [0.25, 0.3) is 6.08 Å². The van der Waals surface area contributed by atoms with Crippen molar-refractivity contribution in [3.8, 4) is 5.88 Å². The van der Waals surface area contributed by atoms with Crippen molar-refractivity contribution in [2.45, 2.75) is 20.4 Å². The highest BCUT2D eigenvalue weighted by molar-refractivity contribution is 7.73. The third-order valence-electron chi connectivity index (χ3n) is 4.04. The summed E-state index contributed by atoms with van der Waals surface area (Å²) in [5.74, 6) is 0.796. The monoisotopic (exact) mass is 360 g/mol. The first-order valence-corrected chi connectivity index (χ1v) is 9.24. The topological polar surface area (TPSA) is 53.1 Å². The SMILES string of the molecule is CCN(CC)CCn1c(O)c(C=C2N=c3ccccc3=N2)sc1=S. The summed E-state index contributed by atoms with van der Waals surface area (Å²) >= 11 is 6.79. The summed E-state index contributed by atoms with van der Waals surface area (Å²) in [7, 11) is 0. The van der Waals surface area contributed by atoms with Crippen molar-refractivity contribution in [2.75, 3.05) is 19.6 Å². The summed E-state index contributed by atoms with van der Waals surface area (Å²) in [5, 5.41) is 12.2. The molecule has 0 atom stereocenters. The minimum absolute atomic E-state index is 0.200. The maximum atomic E-state index is 10.5. The summed E-state index contributed by atoms with van der Waals surface area (Å²) in [5.41, 5.74) is 0. The highest BCUT2D eigenvalue weighted by Gasteiger charge is 2.12. The predicted molar refractivity (Wildman–Crippen MR) is 99.3 cm³/mol.